The van der Waals surface area contributed by atoms with Gasteiger partial charge >= 0.3 is 0 Å². The van der Waals surface area contributed by atoms with Gasteiger partial charge in [-0.05, 0) is 35.4 Å². The second-order valence-corrected chi connectivity index (χ2v) is 3.11. The maximum atomic E-state index is 8.54. The maximum Gasteiger partial charge on any atom is 0.0918 e. The molecule has 0 atom stereocenters. The molecule has 14 heavy (non-hydrogen) atoms. The Morgan fingerprint density at radius 2 is 1.29 bits per heavy atom. The Hall–Kier alpha value is -2.06. The molecular weight excluding hydrogens is 172 g/mol. The molecule has 0 N–H and O–H groups in total. The van der Waals surface area contributed by atoms with Gasteiger partial charge in [0.1, 0.15) is 0 Å². The molecule has 0 saturated heterocycles. The van der Waals surface area contributed by atoms with Crippen LogP contribution in [0.2, 0.25) is 0 Å². The molecule has 0 aliphatic heterocycles. The van der Waals surface area contributed by atoms with Crippen LogP contribution < -0.4 is 10.4 Å². The van der Waals surface area contributed by atoms with Gasteiger partial charge in [0.15, 0.2) is 0 Å². The van der Waals surface area contributed by atoms with Crippen molar-refractivity contribution < 1.29 is 0 Å². The summed E-state index contributed by atoms with van der Waals surface area (Å²) in [6.07, 6.45) is 3.02. The van der Waals surface area contributed by atoms with Gasteiger partial charge in [-0.3, -0.25) is 0 Å². The molecular formula is C12H10N2. The van der Waals surface area contributed by atoms with Crippen molar-refractivity contribution in [3.63, 3.8) is 0 Å². The van der Waals surface area contributed by atoms with Crippen molar-refractivity contribution in [3.05, 3.63) is 33.7 Å². The number of nitriles is 2. The van der Waals surface area contributed by atoms with Crippen LogP contribution in [-0.2, 0) is 0 Å². The first-order valence-corrected chi connectivity index (χ1v) is 4.26. The Labute approximate surface area is 83.0 Å². The number of hydrogen-bond acceptors (Lipinski definition) is 2. The predicted octanol–water partition coefficient (Wildman–Crippen LogP) is 0.912. The lowest BCUT2D eigenvalue weighted by Gasteiger charge is -1.97. The average Bonchev–Trinajstić information content (AvgIpc) is 2.14. The van der Waals surface area contributed by atoms with Crippen LogP contribution in [-0.4, -0.2) is 0 Å². The Morgan fingerprint density at radius 3 is 1.57 bits per heavy atom. The highest BCUT2D eigenvalue weighted by atomic mass is 14.2. The van der Waals surface area contributed by atoms with E-state index in [1.807, 2.05) is 38.1 Å². The number of hydrogen-bond donors (Lipinski definition) is 0. The standard InChI is InChI=1S/C12H10N2/c1-9-7-12(4-6-14)10(2)8-11(9)3-5-13/h3-4,7-8H,1-2H3/b11-3+,12-4+. The van der Waals surface area contributed by atoms with E-state index in [4.69, 9.17) is 10.5 Å². The molecule has 0 unspecified atom stereocenters. The van der Waals surface area contributed by atoms with Crippen molar-refractivity contribution >= 4 is 12.2 Å². The molecule has 0 aromatic heterocycles. The number of aryl methyl sites for hydroxylation is 2. The zero-order chi connectivity index (χ0) is 10.6. The fourth-order valence-electron chi connectivity index (χ4n) is 1.31. The van der Waals surface area contributed by atoms with Gasteiger partial charge in [0.2, 0.25) is 0 Å². The van der Waals surface area contributed by atoms with E-state index in [1.165, 1.54) is 12.2 Å². The second-order valence-electron chi connectivity index (χ2n) is 3.11. The minimum atomic E-state index is 0.917. The first-order valence-electron chi connectivity index (χ1n) is 4.26. The summed E-state index contributed by atoms with van der Waals surface area (Å²) in [6, 6.07) is 7.84. The van der Waals surface area contributed by atoms with E-state index in [2.05, 4.69) is 0 Å². The van der Waals surface area contributed by atoms with Crippen molar-refractivity contribution in [3.8, 4) is 12.1 Å². The predicted molar refractivity (Wildman–Crippen MR) is 55.3 cm³/mol. The lowest BCUT2D eigenvalue weighted by Crippen LogP contribution is -2.15. The minimum Gasteiger partial charge on any atom is -0.193 e. The third-order valence-electron chi connectivity index (χ3n) is 2.09. The molecule has 0 heterocycles. The fourth-order valence-corrected chi connectivity index (χ4v) is 1.31. The van der Waals surface area contributed by atoms with Crippen LogP contribution in [0.3, 0.4) is 0 Å². The Balaban J connectivity index is 3.59. The van der Waals surface area contributed by atoms with Crippen molar-refractivity contribution in [1.82, 2.24) is 0 Å². The highest BCUT2D eigenvalue weighted by Gasteiger charge is 1.92. The smallest absolute Gasteiger partial charge is 0.0918 e. The average molecular weight is 182 g/mol. The second kappa shape index (κ2) is 4.25. The monoisotopic (exact) mass is 182 g/mol. The Kier molecular flexibility index (Phi) is 3.05. The SMILES string of the molecule is Cc1c/c(=C\C#N)c(C)c/c1=C\C#N. The quantitative estimate of drug-likeness (QED) is 0.598. The van der Waals surface area contributed by atoms with Gasteiger partial charge in [-0.25, -0.2) is 0 Å². The molecule has 0 aliphatic carbocycles. The van der Waals surface area contributed by atoms with Crippen LogP contribution >= 0.6 is 0 Å². The van der Waals surface area contributed by atoms with Gasteiger partial charge in [-0.15, -0.1) is 0 Å². The summed E-state index contributed by atoms with van der Waals surface area (Å²) < 4.78 is 0. The lowest BCUT2D eigenvalue weighted by atomic mass is 10.1. The Morgan fingerprint density at radius 1 is 0.929 bits per heavy atom. The third-order valence-corrected chi connectivity index (χ3v) is 2.09. The zero-order valence-corrected chi connectivity index (χ0v) is 8.20. The van der Waals surface area contributed by atoms with Gasteiger partial charge in [0.05, 0.1) is 12.1 Å². The van der Waals surface area contributed by atoms with Gasteiger partial charge in [-0.2, -0.15) is 10.5 Å². The van der Waals surface area contributed by atoms with E-state index in [-0.39, 0.29) is 0 Å². The topological polar surface area (TPSA) is 47.6 Å². The van der Waals surface area contributed by atoms with E-state index in [1.54, 1.807) is 0 Å². The van der Waals surface area contributed by atoms with Crippen molar-refractivity contribution in [2.45, 2.75) is 13.8 Å². The first-order chi connectivity index (χ1) is 6.69. The van der Waals surface area contributed by atoms with E-state index in [0.29, 0.717) is 0 Å². The van der Waals surface area contributed by atoms with E-state index in [9.17, 15) is 0 Å². The van der Waals surface area contributed by atoms with Gasteiger partial charge in [-0.1, -0.05) is 12.1 Å². The van der Waals surface area contributed by atoms with Gasteiger partial charge < -0.3 is 0 Å². The van der Waals surface area contributed by atoms with Crippen LogP contribution in [0.15, 0.2) is 12.1 Å². The van der Waals surface area contributed by atoms with Crippen LogP contribution in [0.25, 0.3) is 12.2 Å². The van der Waals surface area contributed by atoms with Crippen molar-refractivity contribution in [2.75, 3.05) is 0 Å². The maximum absolute atomic E-state index is 8.54. The molecule has 2 heteroatoms. The van der Waals surface area contributed by atoms with E-state index >= 15 is 0 Å². The molecule has 2 nitrogen and oxygen atoms in total. The van der Waals surface area contributed by atoms with Crippen LogP contribution in [0, 0.1) is 36.5 Å². The molecule has 1 aromatic carbocycles. The summed E-state index contributed by atoms with van der Waals surface area (Å²) in [4.78, 5) is 0. The first kappa shape index (κ1) is 10.0. The van der Waals surface area contributed by atoms with Crippen molar-refractivity contribution in [2.24, 2.45) is 0 Å². The molecule has 68 valence electrons. The zero-order valence-electron chi connectivity index (χ0n) is 8.20. The third kappa shape index (κ3) is 2.00. The summed E-state index contributed by atoms with van der Waals surface area (Å²) in [5, 5.41) is 18.9. The minimum absolute atomic E-state index is 0.917. The fraction of sp³-hybridized carbons (Fsp3) is 0.167. The normalized spacial score (nSPS) is 12.3. The highest BCUT2D eigenvalue weighted by molar-refractivity contribution is 5.47. The molecule has 0 saturated carbocycles. The lowest BCUT2D eigenvalue weighted by molar-refractivity contribution is 1.31. The van der Waals surface area contributed by atoms with Gasteiger partial charge in [0.25, 0.3) is 0 Å². The molecule has 0 spiro atoms. The summed E-state index contributed by atoms with van der Waals surface area (Å²) in [7, 11) is 0. The highest BCUT2D eigenvalue weighted by Crippen LogP contribution is 1.89. The van der Waals surface area contributed by atoms with Gasteiger partial charge in [0, 0.05) is 12.2 Å². The van der Waals surface area contributed by atoms with E-state index < -0.39 is 0 Å². The summed E-state index contributed by atoms with van der Waals surface area (Å²) in [6.45, 7) is 3.86. The Bertz CT molecular complexity index is 488. The van der Waals surface area contributed by atoms with Crippen LogP contribution in [0.1, 0.15) is 11.1 Å². The largest absolute Gasteiger partial charge is 0.193 e. The summed E-state index contributed by atoms with van der Waals surface area (Å²) in [5.41, 5.74) is 2.03. The number of nitrogens with zero attached hydrogens (tertiary/aromatic N) is 2. The van der Waals surface area contributed by atoms with Crippen LogP contribution in [0.5, 0.6) is 0 Å². The molecule has 1 aromatic rings. The molecule has 1 rings (SSSR count). The number of benzene rings is 1. The molecule has 0 bridgehead atoms. The van der Waals surface area contributed by atoms with Crippen molar-refractivity contribution in [1.29, 1.82) is 10.5 Å². The van der Waals surface area contributed by atoms with Crippen LogP contribution in [0.4, 0.5) is 0 Å². The van der Waals surface area contributed by atoms with E-state index in [0.717, 1.165) is 21.6 Å². The number of rotatable bonds is 0. The molecule has 0 amide bonds. The molecule has 0 aliphatic rings. The molecule has 0 fully saturated rings. The molecule has 0 radical (unpaired) electrons. The summed E-state index contributed by atoms with van der Waals surface area (Å²) in [5.74, 6) is 0. The summed E-state index contributed by atoms with van der Waals surface area (Å²) >= 11 is 0.